The van der Waals surface area contributed by atoms with Crippen LogP contribution in [0, 0.1) is 5.92 Å². The van der Waals surface area contributed by atoms with E-state index in [1.807, 2.05) is 13.8 Å². The van der Waals surface area contributed by atoms with Crippen molar-refractivity contribution >= 4 is 48.8 Å². The molecule has 0 aromatic heterocycles. The van der Waals surface area contributed by atoms with Crippen LogP contribution in [0.5, 0.6) is 0 Å². The van der Waals surface area contributed by atoms with Crippen LogP contribution in [0.15, 0.2) is 17.0 Å². The zero-order chi connectivity index (χ0) is 14.8. The zero-order valence-corrected chi connectivity index (χ0v) is 13.3. The average molecular weight is 345 g/mol. The molecule has 19 heavy (non-hydrogen) atoms. The minimum atomic E-state index is -3.98. The van der Waals surface area contributed by atoms with Crippen molar-refractivity contribution in [3.05, 3.63) is 27.7 Å². The Kier molecular flexibility index (Phi) is 5.50. The topological polar surface area (TPSA) is 63.2 Å². The van der Waals surface area contributed by atoms with E-state index in [0.29, 0.717) is 6.54 Å². The van der Waals surface area contributed by atoms with E-state index in [0.717, 1.165) is 12.1 Å². The fourth-order valence-corrected chi connectivity index (χ4v) is 2.53. The summed E-state index contributed by atoms with van der Waals surface area (Å²) in [5.74, 6) is -0.249. The normalized spacial score (nSPS) is 11.7. The summed E-state index contributed by atoms with van der Waals surface area (Å²) in [5.41, 5.74) is -0.0194. The molecule has 0 aliphatic carbocycles. The molecule has 0 heterocycles. The maximum absolute atomic E-state index is 11.9. The maximum Gasteiger partial charge on any atom is 0.261 e. The van der Waals surface area contributed by atoms with Crippen LogP contribution in [0.1, 0.15) is 24.2 Å². The van der Waals surface area contributed by atoms with Gasteiger partial charge in [-0.3, -0.25) is 4.79 Å². The molecule has 0 saturated carbocycles. The second-order valence-electron chi connectivity index (χ2n) is 4.31. The molecule has 1 aromatic rings. The average Bonchev–Trinajstić information content (AvgIpc) is 2.27. The molecule has 106 valence electrons. The molecule has 1 N–H and O–H groups in total. The molecule has 0 spiro atoms. The Morgan fingerprint density at radius 3 is 2.37 bits per heavy atom. The Hall–Kier alpha value is -0.490. The van der Waals surface area contributed by atoms with Gasteiger partial charge in [0, 0.05) is 17.2 Å². The van der Waals surface area contributed by atoms with Crippen molar-refractivity contribution in [2.45, 2.75) is 18.7 Å². The van der Waals surface area contributed by atoms with E-state index in [4.69, 9.17) is 33.9 Å². The molecule has 1 rings (SSSR count). The van der Waals surface area contributed by atoms with Crippen molar-refractivity contribution in [2.24, 2.45) is 5.92 Å². The predicted octanol–water partition coefficient (Wildman–Crippen LogP) is 3.31. The monoisotopic (exact) mass is 343 g/mol. The molecule has 0 bridgehead atoms. The van der Waals surface area contributed by atoms with Gasteiger partial charge in [0.25, 0.3) is 15.0 Å². The second kappa shape index (κ2) is 6.31. The predicted molar refractivity (Wildman–Crippen MR) is 76.7 cm³/mol. The number of hydrogen-bond acceptors (Lipinski definition) is 3. The summed E-state index contributed by atoms with van der Waals surface area (Å²) in [6.45, 7) is 4.29. The maximum atomic E-state index is 11.9. The molecule has 8 heteroatoms. The summed E-state index contributed by atoms with van der Waals surface area (Å²) in [5, 5.41) is 2.57. The minimum Gasteiger partial charge on any atom is -0.352 e. The van der Waals surface area contributed by atoms with Gasteiger partial charge in [-0.1, -0.05) is 37.0 Å². The van der Waals surface area contributed by atoms with Gasteiger partial charge in [-0.05, 0) is 18.1 Å². The molecular weight excluding hydrogens is 333 g/mol. The zero-order valence-electron chi connectivity index (χ0n) is 10.2. The number of carbonyl (C=O) groups excluding carboxylic acids is 1. The molecule has 0 aliphatic heterocycles. The Bertz CT molecular complexity index is 599. The van der Waals surface area contributed by atoms with Gasteiger partial charge in [0.15, 0.2) is 0 Å². The van der Waals surface area contributed by atoms with E-state index in [1.54, 1.807) is 0 Å². The molecule has 1 aromatic carbocycles. The number of benzene rings is 1. The number of nitrogens with one attached hydrogen (secondary N) is 1. The van der Waals surface area contributed by atoms with Gasteiger partial charge in [-0.15, -0.1) is 0 Å². The summed E-state index contributed by atoms with van der Waals surface area (Å²) in [6, 6.07) is 2.21. The highest BCUT2D eigenvalue weighted by Crippen LogP contribution is 2.30. The highest BCUT2D eigenvalue weighted by atomic mass is 35.7. The van der Waals surface area contributed by atoms with Crippen LogP contribution in [0.2, 0.25) is 10.0 Å². The Labute approximate surface area is 126 Å². The van der Waals surface area contributed by atoms with E-state index in [-0.39, 0.29) is 26.4 Å². The highest BCUT2D eigenvalue weighted by molar-refractivity contribution is 8.13. The van der Waals surface area contributed by atoms with Crippen LogP contribution in [-0.2, 0) is 9.05 Å². The summed E-state index contributed by atoms with van der Waals surface area (Å²) >= 11 is 11.7. The molecule has 0 saturated heterocycles. The van der Waals surface area contributed by atoms with Gasteiger partial charge in [-0.2, -0.15) is 0 Å². The van der Waals surface area contributed by atoms with Crippen molar-refractivity contribution < 1.29 is 13.2 Å². The fourth-order valence-electron chi connectivity index (χ4n) is 1.26. The first-order chi connectivity index (χ1) is 8.62. The van der Waals surface area contributed by atoms with Crippen LogP contribution < -0.4 is 5.32 Å². The van der Waals surface area contributed by atoms with Crippen molar-refractivity contribution in [2.75, 3.05) is 6.54 Å². The molecule has 0 atom stereocenters. The molecular formula is C11H12Cl3NO3S. The van der Waals surface area contributed by atoms with Crippen molar-refractivity contribution in [3.8, 4) is 0 Å². The molecule has 4 nitrogen and oxygen atoms in total. The minimum absolute atomic E-state index is 0.00742. The van der Waals surface area contributed by atoms with E-state index >= 15 is 0 Å². The third-order valence-corrected chi connectivity index (χ3v) is 4.33. The lowest BCUT2D eigenvalue weighted by atomic mass is 10.2. The van der Waals surface area contributed by atoms with E-state index in [2.05, 4.69) is 5.32 Å². The van der Waals surface area contributed by atoms with Gasteiger partial charge in [-0.25, -0.2) is 8.42 Å². The summed E-state index contributed by atoms with van der Waals surface area (Å²) < 4.78 is 22.5. The number of halogens is 3. The SMILES string of the molecule is CC(C)CNC(=O)c1cc(S(=O)(=O)Cl)cc(Cl)c1Cl. The fraction of sp³-hybridized carbons (Fsp3) is 0.364. The van der Waals surface area contributed by atoms with E-state index in [1.165, 1.54) is 0 Å². The summed E-state index contributed by atoms with van der Waals surface area (Å²) in [4.78, 5) is 11.6. The van der Waals surface area contributed by atoms with Gasteiger partial charge in [0.1, 0.15) is 0 Å². The lowest BCUT2D eigenvalue weighted by Gasteiger charge is -2.10. The Morgan fingerprint density at radius 2 is 1.89 bits per heavy atom. The smallest absolute Gasteiger partial charge is 0.261 e. The second-order valence-corrected chi connectivity index (χ2v) is 7.66. The van der Waals surface area contributed by atoms with Crippen LogP contribution in [0.4, 0.5) is 0 Å². The summed E-state index contributed by atoms with van der Waals surface area (Å²) in [6.07, 6.45) is 0. The molecule has 0 aliphatic rings. The quantitative estimate of drug-likeness (QED) is 0.852. The van der Waals surface area contributed by atoms with E-state index in [9.17, 15) is 13.2 Å². The van der Waals surface area contributed by atoms with Crippen LogP contribution in [0.3, 0.4) is 0 Å². The third-order valence-electron chi connectivity index (χ3n) is 2.20. The Balaban J connectivity index is 3.20. The van der Waals surface area contributed by atoms with Gasteiger partial charge in [0.2, 0.25) is 0 Å². The first-order valence-corrected chi connectivity index (χ1v) is 8.41. The third kappa shape index (κ3) is 4.53. The van der Waals surface area contributed by atoms with Gasteiger partial charge in [0.05, 0.1) is 20.5 Å². The largest absolute Gasteiger partial charge is 0.352 e. The molecule has 0 fully saturated rings. The van der Waals surface area contributed by atoms with Crippen molar-refractivity contribution in [3.63, 3.8) is 0 Å². The van der Waals surface area contributed by atoms with Crippen molar-refractivity contribution in [1.29, 1.82) is 0 Å². The lowest BCUT2D eigenvalue weighted by molar-refractivity contribution is 0.0949. The van der Waals surface area contributed by atoms with Crippen molar-refractivity contribution in [1.82, 2.24) is 5.32 Å². The highest BCUT2D eigenvalue weighted by Gasteiger charge is 2.19. The number of hydrogen-bond donors (Lipinski definition) is 1. The summed E-state index contributed by atoms with van der Waals surface area (Å²) in [7, 11) is 1.25. The van der Waals surface area contributed by atoms with Crippen LogP contribution in [0.25, 0.3) is 0 Å². The molecule has 0 radical (unpaired) electrons. The Morgan fingerprint density at radius 1 is 1.32 bits per heavy atom. The number of carbonyl (C=O) groups is 1. The van der Waals surface area contributed by atoms with E-state index < -0.39 is 15.0 Å². The number of rotatable bonds is 4. The number of amides is 1. The first kappa shape index (κ1) is 16.6. The molecule has 1 amide bonds. The van der Waals surface area contributed by atoms with Crippen LogP contribution in [-0.4, -0.2) is 20.9 Å². The van der Waals surface area contributed by atoms with Crippen LogP contribution >= 0.6 is 33.9 Å². The standard InChI is InChI=1S/C11H12Cl3NO3S/c1-6(2)5-15-11(16)8-3-7(19(14,17)18)4-9(12)10(8)13/h3-4,6H,5H2,1-2H3,(H,15,16). The van der Waals surface area contributed by atoms with Gasteiger partial charge >= 0.3 is 0 Å². The molecule has 0 unspecified atom stereocenters. The lowest BCUT2D eigenvalue weighted by Crippen LogP contribution is -2.27. The first-order valence-electron chi connectivity index (χ1n) is 5.35. The van der Waals surface area contributed by atoms with Gasteiger partial charge < -0.3 is 5.32 Å².